The van der Waals surface area contributed by atoms with Gasteiger partial charge in [-0.05, 0) is 18.8 Å². The van der Waals surface area contributed by atoms with Gasteiger partial charge in [0.15, 0.2) is 0 Å². The maximum atomic E-state index is 8.79. The van der Waals surface area contributed by atoms with Crippen molar-refractivity contribution in [2.24, 2.45) is 5.92 Å². The SMILES string of the molecule is CCCC(CO)CCC. The van der Waals surface area contributed by atoms with E-state index < -0.39 is 0 Å². The molecule has 0 unspecified atom stereocenters. The number of hydrogen-bond donors (Lipinski definition) is 1. The lowest BCUT2D eigenvalue weighted by Crippen LogP contribution is -2.04. The predicted octanol–water partition coefficient (Wildman–Crippen LogP) is 2.20. The van der Waals surface area contributed by atoms with E-state index in [0.717, 1.165) is 0 Å². The number of aliphatic hydroxyl groups is 1. The van der Waals surface area contributed by atoms with Crippen LogP contribution in [0.15, 0.2) is 0 Å². The van der Waals surface area contributed by atoms with Crippen LogP contribution < -0.4 is 0 Å². The molecule has 0 aromatic carbocycles. The lowest BCUT2D eigenvalue weighted by Gasteiger charge is -2.09. The van der Waals surface area contributed by atoms with Gasteiger partial charge in [-0.15, -0.1) is 0 Å². The first kappa shape index (κ1) is 8.96. The second-order valence-electron chi connectivity index (χ2n) is 2.63. The van der Waals surface area contributed by atoms with Gasteiger partial charge < -0.3 is 5.11 Å². The Balaban J connectivity index is 3.18. The average molecular weight is 130 g/mol. The van der Waals surface area contributed by atoms with Crippen molar-refractivity contribution in [2.45, 2.75) is 39.5 Å². The van der Waals surface area contributed by atoms with E-state index >= 15 is 0 Å². The van der Waals surface area contributed by atoms with Crippen molar-refractivity contribution in [3.05, 3.63) is 0 Å². The van der Waals surface area contributed by atoms with E-state index in [-0.39, 0.29) is 0 Å². The summed E-state index contributed by atoms with van der Waals surface area (Å²) in [6, 6.07) is 0. The molecule has 0 radical (unpaired) electrons. The van der Waals surface area contributed by atoms with Crippen LogP contribution in [-0.4, -0.2) is 11.7 Å². The maximum Gasteiger partial charge on any atom is 0.0459 e. The van der Waals surface area contributed by atoms with Gasteiger partial charge in [-0.25, -0.2) is 0 Å². The normalized spacial score (nSPS) is 10.7. The Labute approximate surface area is 58.1 Å². The Morgan fingerprint density at radius 2 is 1.56 bits per heavy atom. The standard InChI is InChI=1S/C8H18O/c1-3-5-8(7-9)6-4-2/h8-9H,3-7H2,1-2H3. The highest BCUT2D eigenvalue weighted by atomic mass is 16.3. The van der Waals surface area contributed by atoms with Crippen LogP contribution in [0.3, 0.4) is 0 Å². The summed E-state index contributed by atoms with van der Waals surface area (Å²) < 4.78 is 0. The zero-order valence-corrected chi connectivity index (χ0v) is 6.56. The highest BCUT2D eigenvalue weighted by molar-refractivity contribution is 4.54. The fraction of sp³-hybridized carbons (Fsp3) is 1.00. The first-order valence-corrected chi connectivity index (χ1v) is 3.96. The van der Waals surface area contributed by atoms with E-state index in [9.17, 15) is 0 Å². The molecule has 0 aliphatic heterocycles. The van der Waals surface area contributed by atoms with Crippen LogP contribution >= 0.6 is 0 Å². The van der Waals surface area contributed by atoms with Crippen LogP contribution in [0.1, 0.15) is 39.5 Å². The highest BCUT2D eigenvalue weighted by Gasteiger charge is 2.02. The van der Waals surface area contributed by atoms with Gasteiger partial charge in [-0.1, -0.05) is 26.7 Å². The Hall–Kier alpha value is -0.0400. The molecule has 0 fully saturated rings. The molecule has 1 heteroatoms. The molecule has 0 aliphatic rings. The quantitative estimate of drug-likeness (QED) is 0.605. The molecule has 0 amide bonds. The smallest absolute Gasteiger partial charge is 0.0459 e. The molecule has 0 aromatic rings. The molecule has 0 aromatic heterocycles. The highest BCUT2D eigenvalue weighted by Crippen LogP contribution is 2.11. The number of hydrogen-bond acceptors (Lipinski definition) is 1. The largest absolute Gasteiger partial charge is 0.396 e. The number of aliphatic hydroxyl groups excluding tert-OH is 1. The topological polar surface area (TPSA) is 20.2 Å². The third-order valence-electron chi connectivity index (χ3n) is 1.65. The van der Waals surface area contributed by atoms with Crippen LogP contribution in [0, 0.1) is 5.92 Å². The van der Waals surface area contributed by atoms with Gasteiger partial charge >= 0.3 is 0 Å². The van der Waals surface area contributed by atoms with E-state index in [1.165, 1.54) is 25.7 Å². The summed E-state index contributed by atoms with van der Waals surface area (Å²) in [6.07, 6.45) is 4.77. The van der Waals surface area contributed by atoms with Gasteiger partial charge in [0, 0.05) is 6.61 Å². The summed E-state index contributed by atoms with van der Waals surface area (Å²) in [7, 11) is 0. The molecule has 0 spiro atoms. The molecule has 0 heterocycles. The molecule has 0 atom stereocenters. The van der Waals surface area contributed by atoms with E-state index in [1.807, 2.05) is 0 Å². The minimum atomic E-state index is 0.377. The Morgan fingerprint density at radius 1 is 1.11 bits per heavy atom. The van der Waals surface area contributed by atoms with Crippen molar-refractivity contribution < 1.29 is 5.11 Å². The maximum absolute atomic E-state index is 8.79. The second kappa shape index (κ2) is 6.09. The molecule has 0 saturated carbocycles. The van der Waals surface area contributed by atoms with Gasteiger partial charge in [-0.3, -0.25) is 0 Å². The lowest BCUT2D eigenvalue weighted by molar-refractivity contribution is 0.209. The van der Waals surface area contributed by atoms with Gasteiger partial charge in [0.25, 0.3) is 0 Å². The second-order valence-corrected chi connectivity index (χ2v) is 2.63. The van der Waals surface area contributed by atoms with Crippen molar-refractivity contribution in [2.75, 3.05) is 6.61 Å². The minimum Gasteiger partial charge on any atom is -0.396 e. The summed E-state index contributed by atoms with van der Waals surface area (Å²) in [5.41, 5.74) is 0. The molecule has 0 aliphatic carbocycles. The molecule has 1 N–H and O–H groups in total. The Kier molecular flexibility index (Phi) is 6.06. The zero-order chi connectivity index (χ0) is 7.11. The summed E-state index contributed by atoms with van der Waals surface area (Å²) in [4.78, 5) is 0. The van der Waals surface area contributed by atoms with Crippen LogP contribution in [0.4, 0.5) is 0 Å². The third kappa shape index (κ3) is 4.46. The molecule has 0 rings (SSSR count). The van der Waals surface area contributed by atoms with E-state index in [4.69, 9.17) is 5.11 Å². The van der Waals surface area contributed by atoms with Crippen molar-refractivity contribution >= 4 is 0 Å². The zero-order valence-electron chi connectivity index (χ0n) is 6.56. The first-order chi connectivity index (χ1) is 4.35. The van der Waals surface area contributed by atoms with Crippen molar-refractivity contribution in [3.63, 3.8) is 0 Å². The Morgan fingerprint density at radius 3 is 1.78 bits per heavy atom. The monoisotopic (exact) mass is 130 g/mol. The molecule has 0 saturated heterocycles. The molecule has 0 bridgehead atoms. The van der Waals surface area contributed by atoms with Crippen LogP contribution in [-0.2, 0) is 0 Å². The summed E-state index contributed by atoms with van der Waals surface area (Å²) in [5, 5.41) is 8.79. The molecule has 56 valence electrons. The van der Waals surface area contributed by atoms with Crippen molar-refractivity contribution in [1.29, 1.82) is 0 Å². The molecular weight excluding hydrogens is 112 g/mol. The molecular formula is C8H18O. The fourth-order valence-electron chi connectivity index (χ4n) is 1.14. The minimum absolute atomic E-state index is 0.377. The van der Waals surface area contributed by atoms with Gasteiger partial charge in [0.1, 0.15) is 0 Å². The van der Waals surface area contributed by atoms with E-state index in [0.29, 0.717) is 12.5 Å². The van der Waals surface area contributed by atoms with Gasteiger partial charge in [-0.2, -0.15) is 0 Å². The van der Waals surface area contributed by atoms with Gasteiger partial charge in [0.05, 0.1) is 0 Å². The average Bonchev–Trinajstić information content (AvgIpc) is 1.88. The summed E-state index contributed by atoms with van der Waals surface area (Å²) in [6.45, 7) is 4.71. The molecule has 9 heavy (non-hydrogen) atoms. The van der Waals surface area contributed by atoms with Crippen molar-refractivity contribution in [3.8, 4) is 0 Å². The van der Waals surface area contributed by atoms with Crippen LogP contribution in [0.2, 0.25) is 0 Å². The predicted molar refractivity (Wildman–Crippen MR) is 40.4 cm³/mol. The van der Waals surface area contributed by atoms with Gasteiger partial charge in [0.2, 0.25) is 0 Å². The van der Waals surface area contributed by atoms with Crippen molar-refractivity contribution in [1.82, 2.24) is 0 Å². The van der Waals surface area contributed by atoms with Crippen LogP contribution in [0.25, 0.3) is 0 Å². The first-order valence-electron chi connectivity index (χ1n) is 3.96. The third-order valence-corrected chi connectivity index (χ3v) is 1.65. The summed E-state index contributed by atoms with van der Waals surface area (Å²) >= 11 is 0. The summed E-state index contributed by atoms with van der Waals surface area (Å²) in [5.74, 6) is 0.569. The molecule has 1 nitrogen and oxygen atoms in total. The Bertz CT molecular complexity index is 46.5. The number of rotatable bonds is 5. The fourth-order valence-corrected chi connectivity index (χ4v) is 1.14. The van der Waals surface area contributed by atoms with E-state index in [2.05, 4.69) is 13.8 Å². The van der Waals surface area contributed by atoms with E-state index in [1.54, 1.807) is 0 Å². The lowest BCUT2D eigenvalue weighted by atomic mass is 10.00. The van der Waals surface area contributed by atoms with Crippen LogP contribution in [0.5, 0.6) is 0 Å².